The van der Waals surface area contributed by atoms with Gasteiger partial charge in [-0.15, -0.1) is 0 Å². The van der Waals surface area contributed by atoms with Gasteiger partial charge in [0, 0.05) is 21.5 Å². The molecule has 0 fully saturated rings. The minimum Gasteiger partial charge on any atom is -0.0829 e. The van der Waals surface area contributed by atoms with Gasteiger partial charge in [-0.1, -0.05) is 104 Å². The number of benzene rings is 3. The highest BCUT2D eigenvalue weighted by Gasteiger charge is 2.24. The second kappa shape index (κ2) is 6.50. The number of rotatable bonds is 0. The van der Waals surface area contributed by atoms with E-state index in [-0.39, 0.29) is 45.2 Å². The lowest BCUT2D eigenvalue weighted by Crippen LogP contribution is -1.89. The molecule has 3 aromatic rings. The predicted octanol–water partition coefficient (Wildman–Crippen LogP) is 9.87. The molecule has 0 radical (unpaired) electrons. The van der Waals surface area contributed by atoms with E-state index in [1.165, 1.54) is 0 Å². The van der Waals surface area contributed by atoms with Gasteiger partial charge in [0.1, 0.15) is 0 Å². The molecule has 0 amide bonds. The largest absolute Gasteiger partial charge is 0.0829 e. The van der Waals surface area contributed by atoms with Crippen LogP contribution in [0.5, 0.6) is 0 Å². The minimum atomic E-state index is 0.0688. The van der Waals surface area contributed by atoms with Crippen molar-refractivity contribution in [3.8, 4) is 0 Å². The van der Waals surface area contributed by atoms with Gasteiger partial charge in [0.2, 0.25) is 0 Å². The summed E-state index contributed by atoms with van der Waals surface area (Å²) in [6.45, 7) is 0. The molecule has 0 spiro atoms. The fourth-order valence-corrected chi connectivity index (χ4v) is 4.90. The first kappa shape index (κ1) is 18.6. The van der Waals surface area contributed by atoms with Crippen LogP contribution in [-0.4, -0.2) is 0 Å². The number of halogens is 9. The van der Waals surface area contributed by atoms with E-state index in [1.807, 2.05) is 0 Å². The summed E-state index contributed by atoms with van der Waals surface area (Å²) >= 11 is 56.2. The molecular weight excluding hydrogens is 487 g/mol. The van der Waals surface area contributed by atoms with E-state index in [0.717, 1.165) is 0 Å². The number of hydrogen-bond donors (Lipinski definition) is 0. The summed E-state index contributed by atoms with van der Waals surface area (Å²) in [6, 6.07) is 1.55. The van der Waals surface area contributed by atoms with E-state index in [4.69, 9.17) is 104 Å². The van der Waals surface area contributed by atoms with Crippen LogP contribution in [-0.2, 0) is 0 Å². The Hall–Kier alpha value is 0.790. The first-order chi connectivity index (χ1) is 10.7. The Morgan fingerprint density at radius 3 is 1.35 bits per heavy atom. The van der Waals surface area contributed by atoms with E-state index in [0.29, 0.717) is 21.5 Å². The average Bonchev–Trinajstić information content (AvgIpc) is 2.51. The lowest BCUT2D eigenvalue weighted by molar-refractivity contribution is 1.74. The Bertz CT molecular complexity index is 1010. The highest BCUT2D eigenvalue weighted by atomic mass is 35.5. The average molecular weight is 488 g/mol. The molecule has 0 aromatic heterocycles. The molecule has 0 saturated carbocycles. The van der Waals surface area contributed by atoms with Gasteiger partial charge in [-0.05, 0) is 6.07 Å². The summed E-state index contributed by atoms with van der Waals surface area (Å²) in [4.78, 5) is 0. The molecule has 0 nitrogen and oxygen atoms in total. The number of fused-ring (bicyclic) bond motifs is 2. The SMILES string of the molecule is Clc1cc2c(Cl)c3c(Cl)c(Cl)c(Cl)c(Cl)c3c(Cl)c2c(Cl)c1Cl. The first-order valence-corrected chi connectivity index (χ1v) is 9.18. The normalized spacial score (nSPS) is 11.7. The molecule has 0 heterocycles. The quantitative estimate of drug-likeness (QED) is 0.168. The molecular formula is C14HCl9. The van der Waals surface area contributed by atoms with Crippen LogP contribution >= 0.6 is 104 Å². The van der Waals surface area contributed by atoms with Crippen LogP contribution in [0.2, 0.25) is 45.2 Å². The third-order valence-corrected chi connectivity index (χ3v) is 7.16. The fourth-order valence-electron chi connectivity index (χ4n) is 2.29. The van der Waals surface area contributed by atoms with Crippen LogP contribution in [0.15, 0.2) is 6.07 Å². The second-order valence-corrected chi connectivity index (χ2v) is 7.97. The van der Waals surface area contributed by atoms with E-state index >= 15 is 0 Å². The Kier molecular flexibility index (Phi) is 5.25. The molecule has 3 aromatic carbocycles. The Labute approximate surface area is 176 Å². The molecule has 0 unspecified atom stereocenters. The van der Waals surface area contributed by atoms with Gasteiger partial charge in [-0.25, -0.2) is 0 Å². The summed E-state index contributed by atoms with van der Waals surface area (Å²) < 4.78 is 0. The summed E-state index contributed by atoms with van der Waals surface area (Å²) in [7, 11) is 0. The molecule has 23 heavy (non-hydrogen) atoms. The summed E-state index contributed by atoms with van der Waals surface area (Å²) in [6.07, 6.45) is 0. The van der Waals surface area contributed by atoms with Gasteiger partial charge >= 0.3 is 0 Å². The zero-order chi connectivity index (χ0) is 17.2. The highest BCUT2D eigenvalue weighted by molar-refractivity contribution is 6.61. The van der Waals surface area contributed by atoms with Gasteiger partial charge in [0.15, 0.2) is 0 Å². The third kappa shape index (κ3) is 2.67. The monoisotopic (exact) mass is 484 g/mol. The van der Waals surface area contributed by atoms with E-state index in [9.17, 15) is 0 Å². The summed E-state index contributed by atoms with van der Waals surface area (Å²) in [5.74, 6) is 0. The molecule has 0 aliphatic carbocycles. The Morgan fingerprint density at radius 2 is 0.826 bits per heavy atom. The van der Waals surface area contributed by atoms with Crippen LogP contribution in [0.1, 0.15) is 0 Å². The zero-order valence-electron chi connectivity index (χ0n) is 10.5. The van der Waals surface area contributed by atoms with E-state index < -0.39 is 0 Å². The van der Waals surface area contributed by atoms with Crippen LogP contribution in [0.4, 0.5) is 0 Å². The maximum atomic E-state index is 6.49. The van der Waals surface area contributed by atoms with E-state index in [2.05, 4.69) is 0 Å². The molecule has 0 bridgehead atoms. The predicted molar refractivity (Wildman–Crippen MR) is 107 cm³/mol. The molecule has 120 valence electrons. The Balaban J connectivity index is 2.77. The molecule has 0 aliphatic heterocycles. The van der Waals surface area contributed by atoms with Crippen molar-refractivity contribution in [3.05, 3.63) is 51.3 Å². The van der Waals surface area contributed by atoms with E-state index in [1.54, 1.807) is 6.07 Å². The topological polar surface area (TPSA) is 0 Å². The summed E-state index contributed by atoms with van der Waals surface area (Å²) in [5, 5.41) is 2.94. The first-order valence-electron chi connectivity index (χ1n) is 5.78. The van der Waals surface area contributed by atoms with Crippen molar-refractivity contribution in [3.63, 3.8) is 0 Å². The maximum Gasteiger partial charge on any atom is 0.0800 e. The minimum absolute atomic E-state index is 0.0688. The molecule has 0 saturated heterocycles. The van der Waals surface area contributed by atoms with Crippen LogP contribution in [0, 0.1) is 0 Å². The van der Waals surface area contributed by atoms with Crippen molar-refractivity contribution < 1.29 is 0 Å². The van der Waals surface area contributed by atoms with Crippen molar-refractivity contribution in [2.24, 2.45) is 0 Å². The molecule has 0 N–H and O–H groups in total. The van der Waals surface area contributed by atoms with Crippen LogP contribution in [0.25, 0.3) is 21.5 Å². The lowest BCUT2D eigenvalue weighted by atomic mass is 10.0. The maximum absolute atomic E-state index is 6.49. The Morgan fingerprint density at radius 1 is 0.391 bits per heavy atom. The van der Waals surface area contributed by atoms with Gasteiger partial charge in [0.25, 0.3) is 0 Å². The van der Waals surface area contributed by atoms with Crippen LogP contribution < -0.4 is 0 Å². The second-order valence-electron chi connectivity index (χ2n) is 4.54. The fraction of sp³-hybridized carbons (Fsp3) is 0. The van der Waals surface area contributed by atoms with Crippen molar-refractivity contribution in [1.29, 1.82) is 0 Å². The van der Waals surface area contributed by atoms with Gasteiger partial charge < -0.3 is 0 Å². The standard InChI is InChI=1S/C14HCl9/c15-3-1-2-4(10(19)8(3)17)9(18)6-5(7(2)16)11(20)13(22)14(23)12(6)21/h1H. The summed E-state index contributed by atoms with van der Waals surface area (Å²) in [5.41, 5.74) is 0. The highest BCUT2D eigenvalue weighted by Crippen LogP contribution is 2.53. The van der Waals surface area contributed by atoms with Crippen molar-refractivity contribution in [2.45, 2.75) is 0 Å². The van der Waals surface area contributed by atoms with Crippen molar-refractivity contribution >= 4 is 126 Å². The zero-order valence-corrected chi connectivity index (χ0v) is 17.3. The number of hydrogen-bond acceptors (Lipinski definition) is 0. The molecule has 0 aliphatic rings. The van der Waals surface area contributed by atoms with Crippen LogP contribution in [0.3, 0.4) is 0 Å². The molecule has 0 atom stereocenters. The van der Waals surface area contributed by atoms with Crippen molar-refractivity contribution in [2.75, 3.05) is 0 Å². The van der Waals surface area contributed by atoms with Gasteiger partial charge in [-0.2, -0.15) is 0 Å². The van der Waals surface area contributed by atoms with Crippen molar-refractivity contribution in [1.82, 2.24) is 0 Å². The third-order valence-electron chi connectivity index (χ3n) is 3.32. The molecule has 9 heteroatoms. The van der Waals surface area contributed by atoms with Gasteiger partial charge in [-0.3, -0.25) is 0 Å². The lowest BCUT2D eigenvalue weighted by Gasteiger charge is -2.16. The molecule has 3 rings (SSSR count). The smallest absolute Gasteiger partial charge is 0.0800 e. The van der Waals surface area contributed by atoms with Gasteiger partial charge in [0.05, 0.1) is 45.2 Å².